The molecule has 1 atom stereocenters. The van der Waals surface area contributed by atoms with E-state index in [0.29, 0.717) is 61.1 Å². The van der Waals surface area contributed by atoms with Gasteiger partial charge in [-0.3, -0.25) is 4.79 Å². The Morgan fingerprint density at radius 1 is 1.06 bits per heavy atom. The van der Waals surface area contributed by atoms with Crippen molar-refractivity contribution in [1.29, 1.82) is 0 Å². The molecule has 0 saturated carbocycles. The average molecular weight is 674 g/mol. The van der Waals surface area contributed by atoms with Gasteiger partial charge >= 0.3 is 5.97 Å². The number of rotatable bonds is 5. The van der Waals surface area contributed by atoms with Crippen LogP contribution in [0.1, 0.15) is 69.3 Å². The van der Waals surface area contributed by atoms with Crippen LogP contribution < -0.4 is 4.74 Å². The van der Waals surface area contributed by atoms with Crippen LogP contribution >= 0.6 is 11.8 Å². The lowest BCUT2D eigenvalue weighted by Gasteiger charge is -2.31. The van der Waals surface area contributed by atoms with E-state index in [9.17, 15) is 4.79 Å². The molecule has 48 heavy (non-hydrogen) atoms. The molecule has 2 aromatic heterocycles. The first-order chi connectivity index (χ1) is 23.1. The van der Waals surface area contributed by atoms with E-state index in [0.717, 1.165) is 34.2 Å². The van der Waals surface area contributed by atoms with Crippen LogP contribution in [0.15, 0.2) is 67.0 Å². The van der Waals surface area contributed by atoms with Crippen LogP contribution in [-0.4, -0.2) is 45.5 Å². The SMILES string of the molecule is CCOC(=O)CCc1cccc(C2(C)CCCOC(C)(C)CSCc3c(c(F)cc4[nH]ccc34)Oc3ccc(F)c(c3)-c3nc2c[nH]3)c1. The van der Waals surface area contributed by atoms with Gasteiger partial charge in [0.15, 0.2) is 11.6 Å². The normalized spacial score (nSPS) is 18.4. The molecule has 3 heterocycles. The molecular formula is C38H41F2N3O4S. The molecular weight excluding hydrogens is 632 g/mol. The number of ether oxygens (including phenoxy) is 3. The number of nitrogens with zero attached hydrogens (tertiary/aromatic N) is 1. The summed E-state index contributed by atoms with van der Waals surface area (Å²) in [4.78, 5) is 23.3. The fourth-order valence-electron chi connectivity index (χ4n) is 6.27. The van der Waals surface area contributed by atoms with Gasteiger partial charge in [-0.2, -0.15) is 11.8 Å². The number of aromatic amines is 2. The van der Waals surface area contributed by atoms with Crippen LogP contribution in [0, 0.1) is 11.6 Å². The third-order valence-electron chi connectivity index (χ3n) is 8.92. The van der Waals surface area contributed by atoms with E-state index in [2.05, 4.69) is 42.9 Å². The second-order valence-electron chi connectivity index (χ2n) is 13.0. The van der Waals surface area contributed by atoms with Crippen LogP contribution in [0.25, 0.3) is 22.3 Å². The third-order valence-corrected chi connectivity index (χ3v) is 10.3. The van der Waals surface area contributed by atoms with Gasteiger partial charge in [-0.15, -0.1) is 0 Å². The molecule has 0 saturated heterocycles. The van der Waals surface area contributed by atoms with Gasteiger partial charge in [0.1, 0.15) is 17.4 Å². The van der Waals surface area contributed by atoms with Gasteiger partial charge in [0.2, 0.25) is 0 Å². The molecule has 7 nitrogen and oxygen atoms in total. The van der Waals surface area contributed by atoms with Crippen molar-refractivity contribution in [3.05, 3.63) is 101 Å². The monoisotopic (exact) mass is 673 g/mol. The molecule has 1 aliphatic heterocycles. The molecule has 6 rings (SSSR count). The fraction of sp³-hybridized carbons (Fsp3) is 0.368. The number of carbonyl (C=O) groups is 1. The molecule has 0 spiro atoms. The van der Waals surface area contributed by atoms with Crippen molar-refractivity contribution in [2.24, 2.45) is 0 Å². The predicted octanol–water partition coefficient (Wildman–Crippen LogP) is 9.25. The first-order valence-corrected chi connectivity index (χ1v) is 17.5. The largest absolute Gasteiger partial charge is 0.466 e. The van der Waals surface area contributed by atoms with Gasteiger partial charge in [-0.05, 0) is 82.3 Å². The number of nitrogens with one attached hydrogen (secondary N) is 2. The minimum absolute atomic E-state index is 0.113. The first-order valence-electron chi connectivity index (χ1n) is 16.4. The summed E-state index contributed by atoms with van der Waals surface area (Å²) in [5.74, 6) is 0.719. The number of halogens is 2. The Kier molecular flexibility index (Phi) is 9.94. The van der Waals surface area contributed by atoms with Crippen molar-refractivity contribution in [2.45, 2.75) is 70.1 Å². The molecule has 5 aromatic rings. The van der Waals surface area contributed by atoms with Crippen LogP contribution in [0.4, 0.5) is 8.78 Å². The zero-order chi connectivity index (χ0) is 33.9. The highest BCUT2D eigenvalue weighted by Gasteiger charge is 2.33. The average Bonchev–Trinajstić information content (AvgIpc) is 3.75. The molecule has 10 heteroatoms. The lowest BCUT2D eigenvalue weighted by Crippen LogP contribution is -2.30. The first kappa shape index (κ1) is 33.7. The molecule has 4 bridgehead atoms. The summed E-state index contributed by atoms with van der Waals surface area (Å²) >= 11 is 1.65. The zero-order valence-electron chi connectivity index (χ0n) is 27.8. The molecule has 0 fully saturated rings. The van der Waals surface area contributed by atoms with Crippen LogP contribution in [0.5, 0.6) is 11.5 Å². The molecule has 0 amide bonds. The van der Waals surface area contributed by atoms with E-state index in [1.807, 2.05) is 24.4 Å². The predicted molar refractivity (Wildman–Crippen MR) is 186 cm³/mol. The van der Waals surface area contributed by atoms with Gasteiger partial charge in [-0.25, -0.2) is 13.8 Å². The molecule has 252 valence electrons. The number of aryl methyl sites for hydroxylation is 1. The lowest BCUT2D eigenvalue weighted by atomic mass is 9.75. The van der Waals surface area contributed by atoms with E-state index in [4.69, 9.17) is 19.2 Å². The van der Waals surface area contributed by atoms with Gasteiger partial charge in [0, 0.05) is 64.9 Å². The standard InChI is InChI=1S/C38H41F2N3O4S/c1-5-45-34(44)13-10-24-8-6-9-25(18-24)38(4)15-7-17-46-37(2,3)23-48-22-29-27-14-16-41-32(27)20-31(40)35(29)47-26-11-12-30(39)28(19-26)36-42-21-33(38)43-36/h6,8-9,11-12,14,16,18-21,41H,5,7,10,13,15,17,22-23H2,1-4H3,(H,42,43). The summed E-state index contributed by atoms with van der Waals surface area (Å²) < 4.78 is 48.8. The summed E-state index contributed by atoms with van der Waals surface area (Å²) in [5.41, 5.74) is 3.43. The maximum Gasteiger partial charge on any atom is 0.306 e. The van der Waals surface area contributed by atoms with Crippen molar-refractivity contribution < 1.29 is 27.8 Å². The molecule has 2 N–H and O–H groups in total. The Hall–Kier alpha value is -4.15. The summed E-state index contributed by atoms with van der Waals surface area (Å²) in [5, 5.41) is 0.870. The molecule has 1 aliphatic rings. The van der Waals surface area contributed by atoms with Crippen LogP contribution in [0.3, 0.4) is 0 Å². The highest BCUT2D eigenvalue weighted by molar-refractivity contribution is 7.98. The van der Waals surface area contributed by atoms with E-state index in [1.165, 1.54) is 18.2 Å². The number of imidazole rings is 1. The van der Waals surface area contributed by atoms with Crippen molar-refractivity contribution in [3.63, 3.8) is 0 Å². The quantitative estimate of drug-likeness (QED) is 0.181. The van der Waals surface area contributed by atoms with E-state index < -0.39 is 22.7 Å². The number of hydrogen-bond donors (Lipinski definition) is 2. The number of esters is 1. The number of fused-ring (bicyclic) bond motifs is 8. The summed E-state index contributed by atoms with van der Waals surface area (Å²) in [6, 6.07) is 15.9. The van der Waals surface area contributed by atoms with Crippen molar-refractivity contribution in [2.75, 3.05) is 19.0 Å². The summed E-state index contributed by atoms with van der Waals surface area (Å²) in [6.07, 6.45) is 5.91. The smallest absolute Gasteiger partial charge is 0.306 e. The minimum Gasteiger partial charge on any atom is -0.466 e. The highest BCUT2D eigenvalue weighted by atomic mass is 32.2. The maximum atomic E-state index is 15.6. The number of aromatic nitrogens is 3. The lowest BCUT2D eigenvalue weighted by molar-refractivity contribution is -0.143. The van der Waals surface area contributed by atoms with E-state index in [-0.39, 0.29) is 17.3 Å². The van der Waals surface area contributed by atoms with Gasteiger partial charge < -0.3 is 24.2 Å². The minimum atomic E-state index is -0.559. The van der Waals surface area contributed by atoms with E-state index >= 15 is 8.78 Å². The highest BCUT2D eigenvalue weighted by Crippen LogP contribution is 2.40. The number of thioether (sulfide) groups is 1. The number of H-pyrrole nitrogens is 2. The number of benzene rings is 3. The molecule has 0 aliphatic carbocycles. The maximum absolute atomic E-state index is 15.6. The zero-order valence-corrected chi connectivity index (χ0v) is 28.6. The Morgan fingerprint density at radius 3 is 2.75 bits per heavy atom. The third kappa shape index (κ3) is 7.29. The van der Waals surface area contributed by atoms with Gasteiger partial charge in [-0.1, -0.05) is 24.3 Å². The van der Waals surface area contributed by atoms with Gasteiger partial charge in [0.05, 0.1) is 23.5 Å². The van der Waals surface area contributed by atoms with Gasteiger partial charge in [0.25, 0.3) is 0 Å². The second kappa shape index (κ2) is 14.1. The van der Waals surface area contributed by atoms with Crippen molar-refractivity contribution >= 4 is 28.6 Å². The fourth-order valence-corrected chi connectivity index (χ4v) is 7.44. The summed E-state index contributed by atoms with van der Waals surface area (Å²) in [7, 11) is 0. The Labute approximate surface area is 283 Å². The number of carbonyl (C=O) groups excluding carboxylic acids is 1. The van der Waals surface area contributed by atoms with Crippen LogP contribution in [-0.2, 0) is 31.9 Å². The second-order valence-corrected chi connectivity index (χ2v) is 14.0. The topological polar surface area (TPSA) is 89.2 Å². The van der Waals surface area contributed by atoms with E-state index in [1.54, 1.807) is 30.9 Å². The summed E-state index contributed by atoms with van der Waals surface area (Å²) in [6.45, 7) is 8.95. The van der Waals surface area contributed by atoms with Crippen LogP contribution in [0.2, 0.25) is 0 Å². The number of hydrogen-bond acceptors (Lipinski definition) is 6. The van der Waals surface area contributed by atoms with Crippen molar-refractivity contribution in [3.8, 4) is 22.9 Å². The molecule has 1 unspecified atom stereocenters. The van der Waals surface area contributed by atoms with Crippen molar-refractivity contribution in [1.82, 2.24) is 15.0 Å². The Bertz CT molecular complexity index is 1920. The Balaban J connectivity index is 1.40. The molecule has 0 radical (unpaired) electrons. The molecule has 3 aromatic carbocycles. The Morgan fingerprint density at radius 2 is 1.92 bits per heavy atom.